The van der Waals surface area contributed by atoms with Crippen LogP contribution in [0.1, 0.15) is 19.5 Å². The smallest absolute Gasteiger partial charge is 0.204 e. The Morgan fingerprint density at radius 2 is 2.07 bits per heavy atom. The average molecular weight is 191 g/mol. The molecule has 0 aliphatic rings. The van der Waals surface area contributed by atoms with Crippen LogP contribution in [0.3, 0.4) is 0 Å². The van der Waals surface area contributed by atoms with E-state index in [2.05, 4.69) is 4.98 Å². The summed E-state index contributed by atoms with van der Waals surface area (Å²) in [6, 6.07) is 5.32. The van der Waals surface area contributed by atoms with Gasteiger partial charge in [-0.2, -0.15) is 0 Å². The molecule has 0 spiro atoms. The number of rotatable bonds is 4. The van der Waals surface area contributed by atoms with Crippen molar-refractivity contribution < 1.29 is 9.59 Å². The molecule has 0 atom stereocenters. The minimum absolute atomic E-state index is 0.109. The van der Waals surface area contributed by atoms with Crippen molar-refractivity contribution >= 4 is 11.6 Å². The summed E-state index contributed by atoms with van der Waals surface area (Å²) in [4.78, 5) is 26.6. The third-order valence-corrected chi connectivity index (χ3v) is 1.87. The quantitative estimate of drug-likeness (QED) is 0.676. The van der Waals surface area contributed by atoms with Crippen molar-refractivity contribution in [2.75, 3.05) is 0 Å². The molecule has 1 heterocycles. The summed E-state index contributed by atoms with van der Waals surface area (Å²) in [5.74, 6) is -0.916. The largest absolute Gasteiger partial charge is 0.291 e. The second-order valence-electron chi connectivity index (χ2n) is 3.44. The first kappa shape index (κ1) is 10.6. The molecule has 0 N–H and O–H groups in total. The lowest BCUT2D eigenvalue weighted by Crippen LogP contribution is -2.21. The lowest BCUT2D eigenvalue weighted by Gasteiger charge is -2.02. The van der Waals surface area contributed by atoms with Crippen LogP contribution >= 0.6 is 0 Å². The molecular formula is C11H13NO2. The molecule has 0 amide bonds. The first-order valence-corrected chi connectivity index (χ1v) is 4.58. The summed E-state index contributed by atoms with van der Waals surface area (Å²) in [5.41, 5.74) is 0.645. The zero-order valence-corrected chi connectivity index (χ0v) is 8.36. The van der Waals surface area contributed by atoms with Crippen LogP contribution in [0.5, 0.6) is 0 Å². The van der Waals surface area contributed by atoms with Gasteiger partial charge in [-0.05, 0) is 12.1 Å². The van der Waals surface area contributed by atoms with Crippen molar-refractivity contribution in [1.29, 1.82) is 0 Å². The van der Waals surface area contributed by atoms with E-state index in [1.165, 1.54) is 0 Å². The highest BCUT2D eigenvalue weighted by Crippen LogP contribution is 2.01. The Balaban J connectivity index is 2.63. The molecule has 1 rings (SSSR count). The minimum atomic E-state index is -0.362. The minimum Gasteiger partial charge on any atom is -0.291 e. The van der Waals surface area contributed by atoms with E-state index in [0.717, 1.165) is 0 Å². The van der Waals surface area contributed by atoms with Crippen LogP contribution in [0.2, 0.25) is 0 Å². The van der Waals surface area contributed by atoms with E-state index in [-0.39, 0.29) is 23.9 Å². The number of Topliss-reactive ketones (excluding diaryl/α,β-unsaturated/α-hetero) is 2. The van der Waals surface area contributed by atoms with Gasteiger partial charge in [-0.15, -0.1) is 0 Å². The second-order valence-corrected chi connectivity index (χ2v) is 3.44. The average Bonchev–Trinajstić information content (AvgIpc) is 2.18. The van der Waals surface area contributed by atoms with Crippen LogP contribution in [0, 0.1) is 5.92 Å². The number of hydrogen-bond acceptors (Lipinski definition) is 3. The van der Waals surface area contributed by atoms with Gasteiger partial charge in [0.1, 0.15) is 0 Å². The van der Waals surface area contributed by atoms with Crippen molar-refractivity contribution in [2.45, 2.75) is 20.3 Å². The molecule has 0 unspecified atom stereocenters. The maximum Gasteiger partial charge on any atom is 0.204 e. The number of ketones is 2. The zero-order valence-electron chi connectivity index (χ0n) is 8.36. The molecule has 1 aromatic heterocycles. The van der Waals surface area contributed by atoms with Crippen LogP contribution in [-0.2, 0) is 16.0 Å². The fraction of sp³-hybridized carbons (Fsp3) is 0.364. The summed E-state index contributed by atoms with van der Waals surface area (Å²) >= 11 is 0. The third-order valence-electron chi connectivity index (χ3n) is 1.87. The molecule has 0 saturated heterocycles. The van der Waals surface area contributed by atoms with E-state index in [9.17, 15) is 9.59 Å². The van der Waals surface area contributed by atoms with E-state index in [1.54, 1.807) is 38.2 Å². The highest BCUT2D eigenvalue weighted by atomic mass is 16.2. The number of hydrogen-bond donors (Lipinski definition) is 0. The summed E-state index contributed by atoms with van der Waals surface area (Å²) in [6.07, 6.45) is 1.72. The van der Waals surface area contributed by atoms with Crippen LogP contribution in [0.25, 0.3) is 0 Å². The molecule has 0 bridgehead atoms. The van der Waals surface area contributed by atoms with Gasteiger partial charge >= 0.3 is 0 Å². The molecule has 0 aromatic carbocycles. The van der Waals surface area contributed by atoms with Crippen molar-refractivity contribution in [2.24, 2.45) is 5.92 Å². The molecule has 0 saturated carbocycles. The molecule has 74 valence electrons. The molecule has 0 radical (unpaired) electrons. The number of carbonyl (C=O) groups is 2. The Morgan fingerprint density at radius 3 is 2.57 bits per heavy atom. The fourth-order valence-electron chi connectivity index (χ4n) is 1.08. The van der Waals surface area contributed by atoms with Crippen LogP contribution in [0.4, 0.5) is 0 Å². The van der Waals surface area contributed by atoms with Gasteiger partial charge in [0.05, 0.1) is 6.42 Å². The highest BCUT2D eigenvalue weighted by molar-refractivity contribution is 6.38. The Morgan fingerprint density at radius 1 is 1.36 bits per heavy atom. The van der Waals surface area contributed by atoms with E-state index < -0.39 is 0 Å². The Bertz CT molecular complexity index is 330. The van der Waals surface area contributed by atoms with Gasteiger partial charge in [-0.1, -0.05) is 19.9 Å². The molecule has 1 aromatic rings. The van der Waals surface area contributed by atoms with Gasteiger partial charge in [0.2, 0.25) is 11.6 Å². The monoisotopic (exact) mass is 191 g/mol. The summed E-state index contributed by atoms with van der Waals surface area (Å²) < 4.78 is 0. The van der Waals surface area contributed by atoms with E-state index >= 15 is 0 Å². The highest BCUT2D eigenvalue weighted by Gasteiger charge is 2.17. The topological polar surface area (TPSA) is 47.0 Å². The van der Waals surface area contributed by atoms with Crippen LogP contribution in [0.15, 0.2) is 24.4 Å². The molecule has 14 heavy (non-hydrogen) atoms. The maximum atomic E-state index is 11.4. The maximum absolute atomic E-state index is 11.4. The summed E-state index contributed by atoms with van der Waals surface area (Å²) in [7, 11) is 0. The molecule has 0 aliphatic carbocycles. The molecule has 0 aliphatic heterocycles. The van der Waals surface area contributed by atoms with E-state index in [1.807, 2.05) is 0 Å². The van der Waals surface area contributed by atoms with Crippen LogP contribution in [-0.4, -0.2) is 16.6 Å². The van der Waals surface area contributed by atoms with Gasteiger partial charge in [-0.25, -0.2) is 0 Å². The van der Waals surface area contributed by atoms with E-state index in [0.29, 0.717) is 5.69 Å². The van der Waals surface area contributed by atoms with Crippen molar-refractivity contribution in [1.82, 2.24) is 4.98 Å². The third kappa shape index (κ3) is 2.76. The van der Waals surface area contributed by atoms with Crippen molar-refractivity contribution in [3.8, 4) is 0 Å². The molecular weight excluding hydrogens is 178 g/mol. The van der Waals surface area contributed by atoms with Gasteiger partial charge in [0, 0.05) is 17.8 Å². The Labute approximate surface area is 83.2 Å². The summed E-state index contributed by atoms with van der Waals surface area (Å²) in [6.45, 7) is 3.44. The van der Waals surface area contributed by atoms with Gasteiger partial charge in [0.15, 0.2) is 0 Å². The fourth-order valence-corrected chi connectivity index (χ4v) is 1.08. The summed E-state index contributed by atoms with van der Waals surface area (Å²) in [5, 5.41) is 0. The lowest BCUT2D eigenvalue weighted by molar-refractivity contribution is -0.138. The van der Waals surface area contributed by atoms with Crippen molar-refractivity contribution in [3.63, 3.8) is 0 Å². The van der Waals surface area contributed by atoms with Crippen LogP contribution < -0.4 is 0 Å². The number of carbonyl (C=O) groups excluding carboxylic acids is 2. The van der Waals surface area contributed by atoms with Gasteiger partial charge in [0.25, 0.3) is 0 Å². The second kappa shape index (κ2) is 4.65. The SMILES string of the molecule is CC(C)C(=O)C(=O)Cc1ccccn1. The van der Waals surface area contributed by atoms with Crippen molar-refractivity contribution in [3.05, 3.63) is 30.1 Å². The molecule has 3 nitrogen and oxygen atoms in total. The predicted octanol–water partition coefficient (Wildman–Crippen LogP) is 1.42. The molecule has 3 heteroatoms. The number of aromatic nitrogens is 1. The first-order chi connectivity index (χ1) is 6.61. The van der Waals surface area contributed by atoms with Gasteiger partial charge in [-0.3, -0.25) is 14.6 Å². The Hall–Kier alpha value is -1.51. The number of pyridine rings is 1. The first-order valence-electron chi connectivity index (χ1n) is 4.58. The normalized spacial score (nSPS) is 10.2. The zero-order chi connectivity index (χ0) is 10.6. The number of nitrogens with zero attached hydrogens (tertiary/aromatic N) is 1. The van der Waals surface area contributed by atoms with E-state index in [4.69, 9.17) is 0 Å². The molecule has 0 fully saturated rings. The Kier molecular flexibility index (Phi) is 3.51. The predicted molar refractivity (Wildman–Crippen MR) is 52.8 cm³/mol. The standard InChI is InChI=1S/C11H13NO2/c1-8(2)11(14)10(13)7-9-5-3-4-6-12-9/h3-6,8H,7H2,1-2H3. The lowest BCUT2D eigenvalue weighted by atomic mass is 10.0. The van der Waals surface area contributed by atoms with Gasteiger partial charge < -0.3 is 0 Å².